The molecule has 0 saturated carbocycles. The van der Waals surface area contributed by atoms with Crippen molar-refractivity contribution in [2.24, 2.45) is 0 Å². The highest BCUT2D eigenvalue weighted by Gasteiger charge is 2.22. The van der Waals surface area contributed by atoms with Crippen molar-refractivity contribution in [3.8, 4) is 11.3 Å². The molecule has 0 fully saturated rings. The third kappa shape index (κ3) is 2.86. The fourth-order valence-electron chi connectivity index (χ4n) is 2.98. The van der Waals surface area contributed by atoms with Crippen LogP contribution in [0.5, 0.6) is 0 Å². The minimum atomic E-state index is -0.469. The highest BCUT2D eigenvalue weighted by molar-refractivity contribution is 6.33. The van der Waals surface area contributed by atoms with Crippen LogP contribution in [0.1, 0.15) is 25.5 Å². The molecule has 27 heavy (non-hydrogen) atoms. The van der Waals surface area contributed by atoms with Crippen LogP contribution in [0.4, 0.5) is 5.69 Å². The summed E-state index contributed by atoms with van der Waals surface area (Å²) in [6, 6.07) is 8.73. The summed E-state index contributed by atoms with van der Waals surface area (Å²) in [6.45, 7) is 4.02. The summed E-state index contributed by atoms with van der Waals surface area (Å²) in [5.41, 5.74) is 2.61. The van der Waals surface area contributed by atoms with E-state index in [4.69, 9.17) is 16.6 Å². The Balaban J connectivity index is 2.25. The second-order valence-corrected chi connectivity index (χ2v) is 6.84. The van der Waals surface area contributed by atoms with Gasteiger partial charge in [-0.1, -0.05) is 43.6 Å². The Morgan fingerprint density at radius 3 is 2.59 bits per heavy atom. The van der Waals surface area contributed by atoms with Crippen molar-refractivity contribution in [1.29, 1.82) is 0 Å². The van der Waals surface area contributed by atoms with E-state index < -0.39 is 4.92 Å². The Labute approximate surface area is 159 Å². The minimum Gasteiger partial charge on any atom is -0.258 e. The largest absolute Gasteiger partial charge is 0.298 e. The zero-order valence-corrected chi connectivity index (χ0v) is 15.3. The molecule has 8 heteroatoms. The second-order valence-electron chi connectivity index (χ2n) is 6.43. The van der Waals surface area contributed by atoms with Crippen LogP contribution in [-0.4, -0.2) is 25.1 Å². The van der Waals surface area contributed by atoms with Crippen molar-refractivity contribution in [1.82, 2.24) is 20.2 Å². The molecular formula is C19H14ClN5O2. The SMILES string of the molecule is CC(C)c1cnc2c(cc([N+](=O)[O-])c3nncc32)c(-c2ccccc2Cl)n1. The summed E-state index contributed by atoms with van der Waals surface area (Å²) >= 11 is 6.41. The van der Waals surface area contributed by atoms with E-state index in [1.807, 2.05) is 32.0 Å². The van der Waals surface area contributed by atoms with E-state index in [1.165, 1.54) is 12.3 Å². The first-order valence-corrected chi connectivity index (χ1v) is 8.69. The number of fused-ring (bicyclic) bond motifs is 3. The van der Waals surface area contributed by atoms with Gasteiger partial charge < -0.3 is 0 Å². The predicted molar refractivity (Wildman–Crippen MR) is 104 cm³/mol. The number of hydrogen-bond donors (Lipinski definition) is 0. The molecular weight excluding hydrogens is 366 g/mol. The lowest BCUT2D eigenvalue weighted by Gasteiger charge is -2.07. The minimum absolute atomic E-state index is 0.113. The zero-order valence-electron chi connectivity index (χ0n) is 14.5. The standard InChI is InChI=1S/C19H14ClN5O2/c1-10(2)15-9-21-17-12(18(23-15)11-5-3-4-6-14(11)20)7-16(25(26)27)19-13(17)8-22-24-19/h3-10H,1-2H3. The van der Waals surface area contributed by atoms with Gasteiger partial charge in [0.25, 0.3) is 5.69 Å². The molecule has 0 amide bonds. The molecule has 2 aromatic heterocycles. The average Bonchev–Trinajstić information content (AvgIpc) is 3.03. The number of aromatic nitrogens is 4. The van der Waals surface area contributed by atoms with E-state index in [2.05, 4.69) is 15.2 Å². The van der Waals surface area contributed by atoms with Gasteiger partial charge in [0.2, 0.25) is 0 Å². The van der Waals surface area contributed by atoms with Crippen LogP contribution < -0.4 is 0 Å². The van der Waals surface area contributed by atoms with Gasteiger partial charge in [-0.05, 0) is 12.0 Å². The maximum Gasteiger partial charge on any atom is 0.298 e. The molecule has 2 heterocycles. The molecule has 0 atom stereocenters. The lowest BCUT2D eigenvalue weighted by atomic mass is 10.0. The van der Waals surface area contributed by atoms with Gasteiger partial charge in [-0.3, -0.25) is 20.1 Å². The molecule has 0 saturated heterocycles. The third-order valence-electron chi connectivity index (χ3n) is 4.37. The van der Waals surface area contributed by atoms with Crippen molar-refractivity contribution >= 4 is 39.1 Å². The van der Waals surface area contributed by atoms with E-state index in [0.29, 0.717) is 32.6 Å². The molecule has 0 aliphatic carbocycles. The fraction of sp³-hybridized carbons (Fsp3) is 0.158. The summed E-state index contributed by atoms with van der Waals surface area (Å²) < 4.78 is 0. The first-order chi connectivity index (χ1) is 13.0. The third-order valence-corrected chi connectivity index (χ3v) is 4.70. The van der Waals surface area contributed by atoms with Crippen LogP contribution in [0.3, 0.4) is 0 Å². The summed E-state index contributed by atoms with van der Waals surface area (Å²) in [6.07, 6.45) is 3.18. The average molecular weight is 380 g/mol. The lowest BCUT2D eigenvalue weighted by molar-refractivity contribution is -0.383. The number of nitro groups is 1. The molecule has 4 aromatic rings. The quantitative estimate of drug-likeness (QED) is 0.370. The Morgan fingerprint density at radius 2 is 1.89 bits per heavy atom. The number of benzene rings is 2. The molecule has 0 bridgehead atoms. The van der Waals surface area contributed by atoms with Crippen LogP contribution in [0.15, 0.2) is 42.7 Å². The van der Waals surface area contributed by atoms with Crippen molar-refractivity contribution in [2.75, 3.05) is 0 Å². The smallest absolute Gasteiger partial charge is 0.258 e. The van der Waals surface area contributed by atoms with Gasteiger partial charge in [-0.15, -0.1) is 5.10 Å². The monoisotopic (exact) mass is 379 g/mol. The Morgan fingerprint density at radius 1 is 1.11 bits per heavy atom. The molecule has 0 unspecified atom stereocenters. The topological polar surface area (TPSA) is 94.7 Å². The Hall–Kier alpha value is -3.19. The van der Waals surface area contributed by atoms with Gasteiger partial charge in [-0.25, -0.2) is 0 Å². The molecule has 134 valence electrons. The summed E-state index contributed by atoms with van der Waals surface area (Å²) in [5, 5.41) is 20.9. The van der Waals surface area contributed by atoms with Crippen LogP contribution in [0.25, 0.3) is 33.1 Å². The van der Waals surface area contributed by atoms with Gasteiger partial charge in [-0.2, -0.15) is 5.10 Å². The lowest BCUT2D eigenvalue weighted by Crippen LogP contribution is -1.93. The Bertz CT molecular complexity index is 1210. The Kier molecular flexibility index (Phi) is 4.16. The maximum absolute atomic E-state index is 11.6. The number of rotatable bonds is 3. The van der Waals surface area contributed by atoms with Crippen LogP contribution >= 0.6 is 11.6 Å². The molecule has 2 aromatic carbocycles. The van der Waals surface area contributed by atoms with Gasteiger partial charge in [0.05, 0.1) is 33.4 Å². The van der Waals surface area contributed by atoms with Gasteiger partial charge in [0.15, 0.2) is 5.52 Å². The van der Waals surface area contributed by atoms with Gasteiger partial charge in [0.1, 0.15) is 0 Å². The van der Waals surface area contributed by atoms with Gasteiger partial charge in [0, 0.05) is 28.2 Å². The van der Waals surface area contributed by atoms with E-state index in [1.54, 1.807) is 12.3 Å². The van der Waals surface area contributed by atoms with E-state index >= 15 is 0 Å². The molecule has 0 aliphatic heterocycles. The van der Waals surface area contributed by atoms with Crippen molar-refractivity contribution in [2.45, 2.75) is 19.8 Å². The predicted octanol–water partition coefficient (Wildman–Crippen LogP) is 4.93. The first kappa shape index (κ1) is 17.2. The highest BCUT2D eigenvalue weighted by Crippen LogP contribution is 2.37. The zero-order chi connectivity index (χ0) is 19.1. The first-order valence-electron chi connectivity index (χ1n) is 8.31. The van der Waals surface area contributed by atoms with E-state index in [9.17, 15) is 10.1 Å². The maximum atomic E-state index is 11.6. The van der Waals surface area contributed by atoms with Crippen molar-refractivity contribution < 1.29 is 4.92 Å². The number of nitro benzene ring substituents is 1. The molecule has 7 nitrogen and oxygen atoms in total. The number of nitrogens with zero attached hydrogens (tertiary/aromatic N) is 5. The molecule has 4 rings (SSSR count). The van der Waals surface area contributed by atoms with Crippen molar-refractivity contribution in [3.63, 3.8) is 0 Å². The normalized spacial score (nSPS) is 11.4. The van der Waals surface area contributed by atoms with Crippen LogP contribution in [0, 0.1) is 10.1 Å². The summed E-state index contributed by atoms with van der Waals surface area (Å²) in [7, 11) is 0. The molecule has 0 N–H and O–H groups in total. The van der Waals surface area contributed by atoms with Crippen molar-refractivity contribution in [3.05, 3.63) is 63.6 Å². The number of non-ortho nitro benzene ring substituents is 1. The second kappa shape index (κ2) is 6.51. The van der Waals surface area contributed by atoms with E-state index in [0.717, 1.165) is 5.69 Å². The molecule has 0 aliphatic rings. The summed E-state index contributed by atoms with van der Waals surface area (Å²) in [5.74, 6) is 0.113. The van der Waals surface area contributed by atoms with E-state index in [-0.39, 0.29) is 17.1 Å². The number of halogens is 1. The fourth-order valence-corrected chi connectivity index (χ4v) is 3.21. The highest BCUT2D eigenvalue weighted by atomic mass is 35.5. The molecule has 0 spiro atoms. The number of hydrogen-bond acceptors (Lipinski definition) is 6. The molecule has 0 radical (unpaired) electrons. The summed E-state index contributed by atoms with van der Waals surface area (Å²) in [4.78, 5) is 20.5. The van der Waals surface area contributed by atoms with Gasteiger partial charge >= 0.3 is 0 Å². The van der Waals surface area contributed by atoms with Crippen LogP contribution in [-0.2, 0) is 0 Å². The van der Waals surface area contributed by atoms with Crippen LogP contribution in [0.2, 0.25) is 5.02 Å².